The summed E-state index contributed by atoms with van der Waals surface area (Å²) in [6.45, 7) is 4.75. The molecule has 1 aromatic rings. The Morgan fingerprint density at radius 3 is 2.73 bits per heavy atom. The van der Waals surface area contributed by atoms with Gasteiger partial charge in [0.15, 0.2) is 0 Å². The summed E-state index contributed by atoms with van der Waals surface area (Å²) in [6, 6.07) is 6.02. The minimum atomic E-state index is 0.134. The molecule has 0 aliphatic rings. The molecule has 0 amide bonds. The van der Waals surface area contributed by atoms with Gasteiger partial charge in [0.25, 0.3) is 0 Å². The van der Waals surface area contributed by atoms with Crippen LogP contribution >= 0.6 is 15.9 Å². The van der Waals surface area contributed by atoms with Gasteiger partial charge in [-0.15, -0.1) is 0 Å². The van der Waals surface area contributed by atoms with E-state index in [2.05, 4.69) is 28.9 Å². The second-order valence-electron chi connectivity index (χ2n) is 3.67. The lowest BCUT2D eigenvalue weighted by Gasteiger charge is -2.18. The maximum absolute atomic E-state index is 5.84. The fourth-order valence-electron chi connectivity index (χ4n) is 1.47. The van der Waals surface area contributed by atoms with E-state index in [9.17, 15) is 0 Å². The topological polar surface area (TPSA) is 35.2 Å². The predicted molar refractivity (Wildman–Crippen MR) is 67.3 cm³/mol. The summed E-state index contributed by atoms with van der Waals surface area (Å²) >= 11 is 3.43. The second kappa shape index (κ2) is 6.13. The van der Waals surface area contributed by atoms with Crippen molar-refractivity contribution in [2.75, 3.05) is 6.54 Å². The van der Waals surface area contributed by atoms with Crippen molar-refractivity contribution in [2.24, 2.45) is 5.73 Å². The molecule has 0 spiro atoms. The third-order valence-corrected chi connectivity index (χ3v) is 2.80. The normalized spacial score (nSPS) is 12.5. The van der Waals surface area contributed by atoms with Crippen molar-refractivity contribution < 1.29 is 4.74 Å². The molecule has 84 valence electrons. The van der Waals surface area contributed by atoms with Gasteiger partial charge in [-0.1, -0.05) is 29.3 Å². The first-order valence-corrected chi connectivity index (χ1v) is 6.09. The summed E-state index contributed by atoms with van der Waals surface area (Å²) in [6.07, 6.45) is 2.23. The lowest BCUT2D eigenvalue weighted by Crippen LogP contribution is -2.26. The standard InChI is InChI=1S/C12H18BrNO/c1-3-4-11(8-14)15-12-6-5-10(13)7-9(12)2/h5-7,11H,3-4,8,14H2,1-2H3. The Morgan fingerprint density at radius 2 is 2.20 bits per heavy atom. The minimum Gasteiger partial charge on any atom is -0.489 e. The smallest absolute Gasteiger partial charge is 0.122 e. The van der Waals surface area contributed by atoms with Crippen molar-refractivity contribution in [3.05, 3.63) is 28.2 Å². The van der Waals surface area contributed by atoms with Gasteiger partial charge < -0.3 is 10.5 Å². The molecule has 0 aromatic heterocycles. The van der Waals surface area contributed by atoms with Crippen molar-refractivity contribution in [3.63, 3.8) is 0 Å². The Hall–Kier alpha value is -0.540. The van der Waals surface area contributed by atoms with E-state index in [-0.39, 0.29) is 6.10 Å². The number of hydrogen-bond acceptors (Lipinski definition) is 2. The molecule has 15 heavy (non-hydrogen) atoms. The van der Waals surface area contributed by atoms with Crippen LogP contribution in [0.15, 0.2) is 22.7 Å². The first kappa shape index (κ1) is 12.5. The van der Waals surface area contributed by atoms with Gasteiger partial charge in [0, 0.05) is 11.0 Å². The lowest BCUT2D eigenvalue weighted by molar-refractivity contribution is 0.196. The largest absolute Gasteiger partial charge is 0.489 e. The van der Waals surface area contributed by atoms with E-state index in [4.69, 9.17) is 10.5 Å². The maximum atomic E-state index is 5.84. The van der Waals surface area contributed by atoms with Gasteiger partial charge >= 0.3 is 0 Å². The molecule has 2 nitrogen and oxygen atoms in total. The monoisotopic (exact) mass is 271 g/mol. The van der Waals surface area contributed by atoms with Crippen LogP contribution in [0.25, 0.3) is 0 Å². The molecule has 0 saturated heterocycles. The maximum Gasteiger partial charge on any atom is 0.122 e. The van der Waals surface area contributed by atoms with Gasteiger partial charge in [-0.25, -0.2) is 0 Å². The number of aryl methyl sites for hydroxylation is 1. The zero-order valence-electron chi connectivity index (χ0n) is 9.29. The van der Waals surface area contributed by atoms with E-state index in [0.717, 1.165) is 28.6 Å². The van der Waals surface area contributed by atoms with E-state index in [1.807, 2.05) is 19.1 Å². The molecule has 1 unspecified atom stereocenters. The minimum absolute atomic E-state index is 0.134. The number of nitrogens with two attached hydrogens (primary N) is 1. The van der Waals surface area contributed by atoms with Gasteiger partial charge in [0.2, 0.25) is 0 Å². The van der Waals surface area contributed by atoms with Crippen molar-refractivity contribution in [1.82, 2.24) is 0 Å². The fourth-order valence-corrected chi connectivity index (χ4v) is 1.95. The number of ether oxygens (including phenoxy) is 1. The number of rotatable bonds is 5. The Labute approximate surface area is 99.9 Å². The first-order valence-electron chi connectivity index (χ1n) is 5.30. The number of halogens is 1. The molecule has 0 bridgehead atoms. The molecule has 0 aliphatic carbocycles. The van der Waals surface area contributed by atoms with Gasteiger partial charge in [0.05, 0.1) is 0 Å². The van der Waals surface area contributed by atoms with Crippen molar-refractivity contribution in [1.29, 1.82) is 0 Å². The molecule has 0 saturated carbocycles. The third kappa shape index (κ3) is 3.84. The van der Waals surface area contributed by atoms with Crippen molar-refractivity contribution in [2.45, 2.75) is 32.8 Å². The van der Waals surface area contributed by atoms with Crippen LogP contribution in [0.3, 0.4) is 0 Å². The molecule has 1 aromatic carbocycles. The average molecular weight is 272 g/mol. The Balaban J connectivity index is 2.70. The van der Waals surface area contributed by atoms with Crippen LogP contribution in [0.5, 0.6) is 5.75 Å². The Bertz CT molecular complexity index is 314. The van der Waals surface area contributed by atoms with E-state index in [1.54, 1.807) is 0 Å². The van der Waals surface area contributed by atoms with Gasteiger partial charge in [-0.2, -0.15) is 0 Å². The second-order valence-corrected chi connectivity index (χ2v) is 4.59. The summed E-state index contributed by atoms with van der Waals surface area (Å²) in [4.78, 5) is 0. The number of hydrogen-bond donors (Lipinski definition) is 1. The van der Waals surface area contributed by atoms with E-state index in [0.29, 0.717) is 6.54 Å². The first-order chi connectivity index (χ1) is 7.17. The van der Waals surface area contributed by atoms with Crippen LogP contribution in [-0.4, -0.2) is 12.6 Å². The molecule has 3 heteroatoms. The molecule has 0 radical (unpaired) electrons. The van der Waals surface area contributed by atoms with E-state index < -0.39 is 0 Å². The zero-order valence-corrected chi connectivity index (χ0v) is 10.9. The Kier molecular flexibility index (Phi) is 5.12. The fraction of sp³-hybridized carbons (Fsp3) is 0.500. The van der Waals surface area contributed by atoms with Crippen LogP contribution in [-0.2, 0) is 0 Å². The van der Waals surface area contributed by atoms with E-state index >= 15 is 0 Å². The SMILES string of the molecule is CCCC(CN)Oc1ccc(Br)cc1C. The molecule has 1 rings (SSSR count). The van der Waals surface area contributed by atoms with Gasteiger partial charge in [-0.3, -0.25) is 0 Å². The van der Waals surface area contributed by atoms with Crippen molar-refractivity contribution in [3.8, 4) is 5.75 Å². The van der Waals surface area contributed by atoms with Gasteiger partial charge in [0.1, 0.15) is 11.9 Å². The summed E-state index contributed by atoms with van der Waals surface area (Å²) in [5.74, 6) is 0.933. The molecule has 0 fully saturated rings. The Morgan fingerprint density at radius 1 is 1.47 bits per heavy atom. The highest BCUT2D eigenvalue weighted by molar-refractivity contribution is 9.10. The molecule has 2 N–H and O–H groups in total. The van der Waals surface area contributed by atoms with Crippen LogP contribution in [0.4, 0.5) is 0 Å². The van der Waals surface area contributed by atoms with Crippen LogP contribution in [0.2, 0.25) is 0 Å². The zero-order chi connectivity index (χ0) is 11.3. The van der Waals surface area contributed by atoms with E-state index in [1.165, 1.54) is 0 Å². The molecule has 0 aliphatic heterocycles. The molecule has 1 atom stereocenters. The molecular weight excluding hydrogens is 254 g/mol. The van der Waals surface area contributed by atoms with Crippen molar-refractivity contribution >= 4 is 15.9 Å². The average Bonchev–Trinajstić information content (AvgIpc) is 2.21. The summed E-state index contributed by atoms with van der Waals surface area (Å²) < 4.78 is 6.92. The third-order valence-electron chi connectivity index (χ3n) is 2.30. The van der Waals surface area contributed by atoms with Crippen LogP contribution < -0.4 is 10.5 Å². The number of benzene rings is 1. The predicted octanol–water partition coefficient (Wildman–Crippen LogP) is 3.26. The highest BCUT2D eigenvalue weighted by Gasteiger charge is 2.08. The van der Waals surface area contributed by atoms with Crippen LogP contribution in [0, 0.1) is 6.92 Å². The molecular formula is C12H18BrNO. The molecule has 0 heterocycles. The summed E-state index contributed by atoms with van der Waals surface area (Å²) in [5, 5.41) is 0. The lowest BCUT2D eigenvalue weighted by atomic mass is 10.2. The quantitative estimate of drug-likeness (QED) is 0.892. The van der Waals surface area contributed by atoms with Crippen LogP contribution in [0.1, 0.15) is 25.3 Å². The highest BCUT2D eigenvalue weighted by atomic mass is 79.9. The van der Waals surface area contributed by atoms with Gasteiger partial charge in [-0.05, 0) is 37.1 Å². The highest BCUT2D eigenvalue weighted by Crippen LogP contribution is 2.23. The summed E-state index contributed by atoms with van der Waals surface area (Å²) in [7, 11) is 0. The summed E-state index contributed by atoms with van der Waals surface area (Å²) in [5.41, 5.74) is 6.79.